The van der Waals surface area contributed by atoms with Crippen LogP contribution in [0.3, 0.4) is 0 Å². The van der Waals surface area contributed by atoms with E-state index in [1.165, 1.54) is 0 Å². The predicted molar refractivity (Wildman–Crippen MR) is 104 cm³/mol. The molecule has 2 aromatic carbocycles. The standard InChI is InChI=1S/C20H22N2O3S/c1-25-17-7-3-14(4-8-17)12-21-20(24)15-11-19(23)22(13-15)16-5-9-18(26-2)10-6-16/h3-10,15H,11-13H2,1-2H3,(H,21,24). The van der Waals surface area contributed by atoms with Gasteiger partial charge in [-0.3, -0.25) is 9.59 Å². The van der Waals surface area contributed by atoms with Crippen LogP contribution in [0, 0.1) is 5.92 Å². The number of hydrogen-bond donors (Lipinski definition) is 1. The predicted octanol–water partition coefficient (Wildman–Crippen LogP) is 3.09. The molecule has 1 aliphatic heterocycles. The van der Waals surface area contributed by atoms with Gasteiger partial charge in [-0.2, -0.15) is 0 Å². The lowest BCUT2D eigenvalue weighted by Crippen LogP contribution is -2.32. The zero-order valence-corrected chi connectivity index (χ0v) is 15.7. The van der Waals surface area contributed by atoms with Gasteiger partial charge in [-0.05, 0) is 48.2 Å². The first-order valence-corrected chi connectivity index (χ1v) is 9.68. The average molecular weight is 370 g/mol. The first-order valence-electron chi connectivity index (χ1n) is 8.46. The highest BCUT2D eigenvalue weighted by Gasteiger charge is 2.34. The third kappa shape index (κ3) is 4.19. The third-order valence-electron chi connectivity index (χ3n) is 4.51. The van der Waals surface area contributed by atoms with Gasteiger partial charge >= 0.3 is 0 Å². The number of thioether (sulfide) groups is 1. The Kier molecular flexibility index (Phi) is 5.83. The lowest BCUT2D eigenvalue weighted by Gasteiger charge is -2.17. The maximum absolute atomic E-state index is 12.4. The van der Waals surface area contributed by atoms with E-state index in [0.29, 0.717) is 13.1 Å². The van der Waals surface area contributed by atoms with Gasteiger partial charge in [0.15, 0.2) is 0 Å². The second-order valence-corrected chi connectivity index (χ2v) is 7.05. The Morgan fingerprint density at radius 3 is 2.50 bits per heavy atom. The molecule has 0 radical (unpaired) electrons. The summed E-state index contributed by atoms with van der Waals surface area (Å²) < 4.78 is 5.12. The molecule has 1 unspecified atom stereocenters. The molecule has 1 saturated heterocycles. The number of benzene rings is 2. The van der Waals surface area contributed by atoms with Crippen molar-refractivity contribution in [2.75, 3.05) is 24.8 Å². The van der Waals surface area contributed by atoms with Crippen molar-refractivity contribution in [2.24, 2.45) is 5.92 Å². The van der Waals surface area contributed by atoms with Gasteiger partial charge in [0.1, 0.15) is 5.75 Å². The molecular formula is C20H22N2O3S. The third-order valence-corrected chi connectivity index (χ3v) is 5.25. The quantitative estimate of drug-likeness (QED) is 0.794. The number of amides is 2. The lowest BCUT2D eigenvalue weighted by atomic mass is 10.1. The van der Waals surface area contributed by atoms with Crippen molar-refractivity contribution < 1.29 is 14.3 Å². The summed E-state index contributed by atoms with van der Waals surface area (Å²) in [5.41, 5.74) is 1.84. The molecule has 1 aliphatic rings. The maximum atomic E-state index is 12.4. The summed E-state index contributed by atoms with van der Waals surface area (Å²) in [6.07, 6.45) is 2.26. The van der Waals surface area contributed by atoms with Crippen molar-refractivity contribution >= 4 is 29.3 Å². The first-order chi connectivity index (χ1) is 12.6. The van der Waals surface area contributed by atoms with Crippen LogP contribution in [0.1, 0.15) is 12.0 Å². The molecule has 3 rings (SSSR count). The van der Waals surface area contributed by atoms with Crippen LogP contribution in [0.4, 0.5) is 5.69 Å². The molecule has 0 spiro atoms. The Balaban J connectivity index is 1.57. The van der Waals surface area contributed by atoms with Crippen LogP contribution >= 0.6 is 11.8 Å². The molecule has 5 nitrogen and oxygen atoms in total. The molecule has 6 heteroatoms. The Morgan fingerprint density at radius 1 is 1.19 bits per heavy atom. The van der Waals surface area contributed by atoms with Crippen LogP contribution in [-0.2, 0) is 16.1 Å². The van der Waals surface area contributed by atoms with E-state index in [-0.39, 0.29) is 24.2 Å². The van der Waals surface area contributed by atoms with Gasteiger partial charge in [0.05, 0.1) is 13.0 Å². The summed E-state index contributed by atoms with van der Waals surface area (Å²) in [7, 11) is 1.62. The summed E-state index contributed by atoms with van der Waals surface area (Å²) in [6.45, 7) is 0.863. The fourth-order valence-corrected chi connectivity index (χ4v) is 3.38. The first kappa shape index (κ1) is 18.3. The number of hydrogen-bond acceptors (Lipinski definition) is 4. The van der Waals surface area contributed by atoms with E-state index in [9.17, 15) is 9.59 Å². The molecule has 26 heavy (non-hydrogen) atoms. The van der Waals surface area contributed by atoms with E-state index in [1.807, 2.05) is 54.8 Å². The maximum Gasteiger partial charge on any atom is 0.227 e. The van der Waals surface area contributed by atoms with Crippen LogP contribution in [0.5, 0.6) is 5.75 Å². The number of rotatable bonds is 6. The fourth-order valence-electron chi connectivity index (χ4n) is 2.97. The topological polar surface area (TPSA) is 58.6 Å². The number of carbonyl (C=O) groups excluding carboxylic acids is 2. The molecule has 136 valence electrons. The molecule has 2 amide bonds. The zero-order valence-electron chi connectivity index (χ0n) is 14.9. The van der Waals surface area contributed by atoms with Crippen molar-refractivity contribution in [2.45, 2.75) is 17.9 Å². The second-order valence-electron chi connectivity index (χ2n) is 6.17. The number of ether oxygens (including phenoxy) is 1. The van der Waals surface area contributed by atoms with Crippen LogP contribution < -0.4 is 15.0 Å². The highest BCUT2D eigenvalue weighted by Crippen LogP contribution is 2.27. The highest BCUT2D eigenvalue weighted by molar-refractivity contribution is 7.98. The summed E-state index contributed by atoms with van der Waals surface area (Å²) in [6, 6.07) is 15.4. The molecule has 0 aliphatic carbocycles. The summed E-state index contributed by atoms with van der Waals surface area (Å²) in [5, 5.41) is 2.93. The van der Waals surface area contributed by atoms with Gasteiger partial charge in [-0.25, -0.2) is 0 Å². The average Bonchev–Trinajstić information content (AvgIpc) is 3.08. The Hall–Kier alpha value is -2.47. The second kappa shape index (κ2) is 8.27. The fraction of sp³-hybridized carbons (Fsp3) is 0.300. The van der Waals surface area contributed by atoms with Crippen molar-refractivity contribution in [3.05, 3.63) is 54.1 Å². The minimum Gasteiger partial charge on any atom is -0.497 e. The van der Waals surface area contributed by atoms with Crippen LogP contribution in [0.15, 0.2) is 53.4 Å². The van der Waals surface area contributed by atoms with Gasteiger partial charge in [0.25, 0.3) is 0 Å². The SMILES string of the molecule is COc1ccc(CNC(=O)C2CC(=O)N(c3ccc(SC)cc3)C2)cc1. The van der Waals surface area contributed by atoms with E-state index >= 15 is 0 Å². The van der Waals surface area contributed by atoms with E-state index in [0.717, 1.165) is 21.9 Å². The van der Waals surface area contributed by atoms with Crippen molar-refractivity contribution in [3.63, 3.8) is 0 Å². The van der Waals surface area contributed by atoms with Gasteiger partial charge in [-0.15, -0.1) is 11.8 Å². The Labute approximate surface area is 157 Å². The monoisotopic (exact) mass is 370 g/mol. The molecule has 1 heterocycles. The molecular weight excluding hydrogens is 348 g/mol. The minimum atomic E-state index is -0.319. The van der Waals surface area contributed by atoms with Gasteiger partial charge < -0.3 is 15.0 Å². The van der Waals surface area contributed by atoms with Crippen molar-refractivity contribution in [1.82, 2.24) is 5.32 Å². The lowest BCUT2D eigenvalue weighted by molar-refractivity contribution is -0.126. The van der Waals surface area contributed by atoms with Crippen molar-refractivity contribution in [3.8, 4) is 5.75 Å². The minimum absolute atomic E-state index is 0.00787. The molecule has 1 atom stereocenters. The van der Waals surface area contributed by atoms with E-state index in [2.05, 4.69) is 5.32 Å². The van der Waals surface area contributed by atoms with Crippen LogP contribution in [0.2, 0.25) is 0 Å². The Bertz CT molecular complexity index is 775. The van der Waals surface area contributed by atoms with Gasteiger partial charge in [0.2, 0.25) is 11.8 Å². The molecule has 1 N–H and O–H groups in total. The summed E-state index contributed by atoms with van der Waals surface area (Å²) >= 11 is 1.66. The highest BCUT2D eigenvalue weighted by atomic mass is 32.2. The van der Waals surface area contributed by atoms with E-state index in [1.54, 1.807) is 23.8 Å². The molecule has 1 fully saturated rings. The molecule has 0 bridgehead atoms. The Morgan fingerprint density at radius 2 is 1.88 bits per heavy atom. The zero-order chi connectivity index (χ0) is 18.5. The number of carbonyl (C=O) groups is 2. The van der Waals surface area contributed by atoms with E-state index < -0.39 is 0 Å². The molecule has 0 saturated carbocycles. The number of nitrogens with one attached hydrogen (secondary N) is 1. The van der Waals surface area contributed by atoms with Crippen LogP contribution in [0.25, 0.3) is 0 Å². The normalized spacial score (nSPS) is 16.6. The molecule has 0 aromatic heterocycles. The van der Waals surface area contributed by atoms with Gasteiger partial charge in [-0.1, -0.05) is 12.1 Å². The summed E-state index contributed by atoms with van der Waals surface area (Å²) in [4.78, 5) is 27.6. The molecule has 2 aromatic rings. The van der Waals surface area contributed by atoms with Crippen LogP contribution in [-0.4, -0.2) is 31.7 Å². The van der Waals surface area contributed by atoms with Crippen molar-refractivity contribution in [1.29, 1.82) is 0 Å². The number of anilines is 1. The largest absolute Gasteiger partial charge is 0.497 e. The number of methoxy groups -OCH3 is 1. The summed E-state index contributed by atoms with van der Waals surface area (Å²) in [5.74, 6) is 0.370. The van der Waals surface area contributed by atoms with Gasteiger partial charge in [0, 0.05) is 30.1 Å². The number of nitrogens with zero attached hydrogens (tertiary/aromatic N) is 1. The smallest absolute Gasteiger partial charge is 0.227 e. The van der Waals surface area contributed by atoms with E-state index in [4.69, 9.17) is 4.74 Å².